The van der Waals surface area contributed by atoms with E-state index in [0.717, 1.165) is 19.1 Å². The van der Waals surface area contributed by atoms with Crippen molar-refractivity contribution in [3.8, 4) is 0 Å². The van der Waals surface area contributed by atoms with Crippen molar-refractivity contribution in [2.45, 2.75) is 19.1 Å². The van der Waals surface area contributed by atoms with Gasteiger partial charge in [-0.25, -0.2) is 0 Å². The van der Waals surface area contributed by atoms with E-state index in [2.05, 4.69) is 26.5 Å². The van der Waals surface area contributed by atoms with Crippen LogP contribution in [0.2, 0.25) is 0 Å². The minimum Gasteiger partial charge on any atom is -0.380 e. The molecule has 54 valence electrons. The summed E-state index contributed by atoms with van der Waals surface area (Å²) in [5.41, 5.74) is 0. The molecule has 1 aliphatic heterocycles. The molecule has 2 atom stereocenters. The van der Waals surface area contributed by atoms with E-state index in [0.29, 0.717) is 11.2 Å². The molecule has 1 heterocycles. The number of thiol groups is 1. The van der Waals surface area contributed by atoms with E-state index in [1.165, 1.54) is 0 Å². The molecule has 0 N–H and O–H groups in total. The topological polar surface area (TPSA) is 9.23 Å². The van der Waals surface area contributed by atoms with Gasteiger partial charge in [-0.3, -0.25) is 0 Å². The minimum atomic E-state index is 0.477. The highest BCUT2D eigenvalue weighted by Crippen LogP contribution is 2.25. The van der Waals surface area contributed by atoms with Crippen molar-refractivity contribution in [2.24, 2.45) is 11.8 Å². The van der Waals surface area contributed by atoms with Gasteiger partial charge in [-0.2, -0.15) is 12.6 Å². The SMILES string of the molecule is CC(C)C1COCC1S. The quantitative estimate of drug-likeness (QED) is 0.553. The van der Waals surface area contributed by atoms with Crippen LogP contribution in [-0.4, -0.2) is 18.5 Å². The molecule has 1 rings (SSSR count). The lowest BCUT2D eigenvalue weighted by Gasteiger charge is -2.15. The highest BCUT2D eigenvalue weighted by atomic mass is 32.1. The predicted molar refractivity (Wildman–Crippen MR) is 41.9 cm³/mol. The molecule has 0 radical (unpaired) electrons. The molecule has 1 nitrogen and oxygen atoms in total. The van der Waals surface area contributed by atoms with Crippen molar-refractivity contribution < 1.29 is 4.74 Å². The maximum Gasteiger partial charge on any atom is 0.0586 e. The highest BCUT2D eigenvalue weighted by Gasteiger charge is 2.27. The van der Waals surface area contributed by atoms with Gasteiger partial charge in [-0.15, -0.1) is 0 Å². The number of ether oxygens (including phenoxy) is 1. The first-order chi connectivity index (χ1) is 4.22. The van der Waals surface area contributed by atoms with Crippen LogP contribution in [0.1, 0.15) is 13.8 Å². The van der Waals surface area contributed by atoms with Crippen LogP contribution in [-0.2, 0) is 4.74 Å². The van der Waals surface area contributed by atoms with Crippen LogP contribution in [0.5, 0.6) is 0 Å². The fourth-order valence-corrected chi connectivity index (χ4v) is 1.73. The van der Waals surface area contributed by atoms with Gasteiger partial charge in [0.1, 0.15) is 0 Å². The molecule has 0 aromatic heterocycles. The number of rotatable bonds is 1. The Morgan fingerprint density at radius 1 is 1.44 bits per heavy atom. The minimum absolute atomic E-state index is 0.477. The van der Waals surface area contributed by atoms with E-state index < -0.39 is 0 Å². The Labute approximate surface area is 62.2 Å². The zero-order valence-corrected chi connectivity index (χ0v) is 6.90. The van der Waals surface area contributed by atoms with Gasteiger partial charge in [0.25, 0.3) is 0 Å². The van der Waals surface area contributed by atoms with Crippen molar-refractivity contribution in [1.29, 1.82) is 0 Å². The van der Waals surface area contributed by atoms with Gasteiger partial charge in [0.15, 0.2) is 0 Å². The van der Waals surface area contributed by atoms with Gasteiger partial charge in [-0.05, 0) is 11.8 Å². The van der Waals surface area contributed by atoms with E-state index in [9.17, 15) is 0 Å². The summed E-state index contributed by atoms with van der Waals surface area (Å²) in [5, 5.41) is 0.477. The zero-order chi connectivity index (χ0) is 6.85. The molecule has 0 aromatic rings. The van der Waals surface area contributed by atoms with Crippen molar-refractivity contribution in [3.63, 3.8) is 0 Å². The van der Waals surface area contributed by atoms with E-state index in [1.807, 2.05) is 0 Å². The molecule has 1 saturated heterocycles. The Bertz CT molecular complexity index is 92.9. The van der Waals surface area contributed by atoms with E-state index in [1.54, 1.807) is 0 Å². The normalized spacial score (nSPS) is 36.0. The first-order valence-electron chi connectivity index (χ1n) is 3.47. The van der Waals surface area contributed by atoms with Gasteiger partial charge in [-0.1, -0.05) is 13.8 Å². The second kappa shape index (κ2) is 2.93. The van der Waals surface area contributed by atoms with E-state index in [-0.39, 0.29) is 0 Å². The molecule has 1 fully saturated rings. The fourth-order valence-electron chi connectivity index (χ4n) is 1.20. The fraction of sp³-hybridized carbons (Fsp3) is 1.00. The first kappa shape index (κ1) is 7.42. The van der Waals surface area contributed by atoms with E-state index in [4.69, 9.17) is 4.74 Å². The molecule has 0 aromatic carbocycles. The monoisotopic (exact) mass is 146 g/mol. The summed E-state index contributed by atoms with van der Waals surface area (Å²) in [4.78, 5) is 0. The summed E-state index contributed by atoms with van der Waals surface area (Å²) in [7, 11) is 0. The molecule has 9 heavy (non-hydrogen) atoms. The van der Waals surface area contributed by atoms with Crippen LogP contribution >= 0.6 is 12.6 Å². The maximum atomic E-state index is 5.25. The Hall–Kier alpha value is 0.310. The summed E-state index contributed by atoms with van der Waals surface area (Å²) >= 11 is 4.40. The van der Waals surface area contributed by atoms with Crippen LogP contribution in [0.15, 0.2) is 0 Å². The van der Waals surface area contributed by atoms with Crippen molar-refractivity contribution in [2.75, 3.05) is 13.2 Å². The van der Waals surface area contributed by atoms with Gasteiger partial charge >= 0.3 is 0 Å². The smallest absolute Gasteiger partial charge is 0.0586 e. The van der Waals surface area contributed by atoms with E-state index >= 15 is 0 Å². The Balaban J connectivity index is 2.40. The first-order valence-corrected chi connectivity index (χ1v) is 3.99. The Morgan fingerprint density at radius 3 is 2.33 bits per heavy atom. The lowest BCUT2D eigenvalue weighted by Crippen LogP contribution is -2.17. The van der Waals surface area contributed by atoms with Gasteiger partial charge < -0.3 is 4.74 Å². The number of hydrogen-bond donors (Lipinski definition) is 1. The maximum absolute atomic E-state index is 5.25. The second-order valence-corrected chi connectivity index (χ2v) is 3.68. The summed E-state index contributed by atoms with van der Waals surface area (Å²) < 4.78 is 5.25. The standard InChI is InChI=1S/C7H14OS/c1-5(2)6-3-8-4-7(6)9/h5-7,9H,3-4H2,1-2H3. The Kier molecular flexibility index (Phi) is 2.42. The van der Waals surface area contributed by atoms with Crippen LogP contribution in [0.4, 0.5) is 0 Å². The van der Waals surface area contributed by atoms with Crippen LogP contribution < -0.4 is 0 Å². The molecular formula is C7H14OS. The second-order valence-electron chi connectivity index (χ2n) is 3.01. The van der Waals surface area contributed by atoms with Gasteiger partial charge in [0.2, 0.25) is 0 Å². The third kappa shape index (κ3) is 1.62. The third-order valence-electron chi connectivity index (χ3n) is 1.95. The van der Waals surface area contributed by atoms with Crippen LogP contribution in [0.3, 0.4) is 0 Å². The molecule has 0 spiro atoms. The van der Waals surface area contributed by atoms with Crippen molar-refractivity contribution >= 4 is 12.6 Å². The van der Waals surface area contributed by atoms with Gasteiger partial charge in [0.05, 0.1) is 13.2 Å². The van der Waals surface area contributed by atoms with Gasteiger partial charge in [0, 0.05) is 5.25 Å². The average Bonchev–Trinajstić information content (AvgIpc) is 2.13. The molecule has 0 aliphatic carbocycles. The summed E-state index contributed by atoms with van der Waals surface area (Å²) in [6.45, 7) is 6.20. The molecule has 0 saturated carbocycles. The number of hydrogen-bond acceptors (Lipinski definition) is 2. The summed E-state index contributed by atoms with van der Waals surface area (Å²) in [6, 6.07) is 0. The molecule has 0 amide bonds. The van der Waals surface area contributed by atoms with Crippen LogP contribution in [0, 0.1) is 11.8 Å². The third-order valence-corrected chi connectivity index (χ3v) is 2.48. The summed E-state index contributed by atoms with van der Waals surface area (Å²) in [5.74, 6) is 1.39. The highest BCUT2D eigenvalue weighted by molar-refractivity contribution is 7.81. The van der Waals surface area contributed by atoms with Crippen molar-refractivity contribution in [1.82, 2.24) is 0 Å². The molecule has 0 bridgehead atoms. The molecular weight excluding hydrogens is 132 g/mol. The largest absolute Gasteiger partial charge is 0.380 e. The summed E-state index contributed by atoms with van der Waals surface area (Å²) in [6.07, 6.45) is 0. The molecule has 2 heteroatoms. The lowest BCUT2D eigenvalue weighted by atomic mass is 9.95. The zero-order valence-electron chi connectivity index (χ0n) is 6.00. The van der Waals surface area contributed by atoms with Crippen LogP contribution in [0.25, 0.3) is 0 Å². The molecule has 2 unspecified atom stereocenters. The van der Waals surface area contributed by atoms with Crippen molar-refractivity contribution in [3.05, 3.63) is 0 Å². The lowest BCUT2D eigenvalue weighted by molar-refractivity contribution is 0.177. The average molecular weight is 146 g/mol. The Morgan fingerprint density at radius 2 is 2.11 bits per heavy atom. The molecule has 1 aliphatic rings. The predicted octanol–water partition coefficient (Wildman–Crippen LogP) is 1.59.